The molecule has 0 aliphatic heterocycles. The summed E-state index contributed by atoms with van der Waals surface area (Å²) in [5.41, 5.74) is 3.65. The van der Waals surface area contributed by atoms with Crippen LogP contribution in [0, 0.1) is 0 Å². The molecule has 5 heteroatoms. The molecule has 0 atom stereocenters. The largest absolute Gasteiger partial charge is 0.465 e. The number of rotatable bonds is 5. The first kappa shape index (κ1) is 15.7. The summed E-state index contributed by atoms with van der Waals surface area (Å²) in [4.78, 5) is 16.7. The Hall–Kier alpha value is -2.82. The zero-order valence-electron chi connectivity index (χ0n) is 14.5. The molecule has 0 unspecified atom stereocenters. The van der Waals surface area contributed by atoms with Crippen molar-refractivity contribution in [2.45, 2.75) is 32.2 Å². The van der Waals surface area contributed by atoms with Crippen molar-refractivity contribution in [1.29, 1.82) is 0 Å². The van der Waals surface area contributed by atoms with Crippen molar-refractivity contribution < 1.29 is 9.53 Å². The summed E-state index contributed by atoms with van der Waals surface area (Å²) in [7, 11) is 1.40. The van der Waals surface area contributed by atoms with Crippen molar-refractivity contribution in [2.24, 2.45) is 0 Å². The van der Waals surface area contributed by atoms with E-state index in [0.717, 1.165) is 23.3 Å². The maximum absolute atomic E-state index is 12.2. The minimum atomic E-state index is -0.365. The number of pyridine rings is 1. The van der Waals surface area contributed by atoms with Crippen LogP contribution in [0.4, 0.5) is 11.5 Å². The lowest BCUT2D eigenvalue weighted by Crippen LogP contribution is -2.08. The number of ether oxygens (including phenoxy) is 1. The molecule has 0 bridgehead atoms. The molecule has 1 fully saturated rings. The molecule has 3 aromatic rings. The first-order valence-electron chi connectivity index (χ1n) is 8.63. The average Bonchev–Trinajstić information content (AvgIpc) is 3.41. The number of carbonyl (C=O) groups is 1. The van der Waals surface area contributed by atoms with Gasteiger partial charge >= 0.3 is 5.97 Å². The van der Waals surface area contributed by atoms with Gasteiger partial charge in [-0.15, -0.1) is 0 Å². The van der Waals surface area contributed by atoms with Gasteiger partial charge < -0.3 is 14.6 Å². The third-order valence-electron chi connectivity index (χ3n) is 4.74. The summed E-state index contributed by atoms with van der Waals surface area (Å²) in [5.74, 6) is 0.704. The number of benzene rings is 1. The molecule has 4 rings (SSSR count). The predicted octanol–water partition coefficient (Wildman–Crippen LogP) is 4.46. The second-order valence-electron chi connectivity index (χ2n) is 6.43. The Labute approximate surface area is 146 Å². The summed E-state index contributed by atoms with van der Waals surface area (Å²) in [6.07, 6.45) is 6.27. The van der Waals surface area contributed by atoms with Gasteiger partial charge in [0.2, 0.25) is 0 Å². The van der Waals surface area contributed by atoms with Gasteiger partial charge in [0.1, 0.15) is 11.4 Å². The van der Waals surface area contributed by atoms with E-state index >= 15 is 0 Å². The van der Waals surface area contributed by atoms with Crippen molar-refractivity contribution in [3.63, 3.8) is 0 Å². The number of hydrogen-bond acceptors (Lipinski definition) is 4. The summed E-state index contributed by atoms with van der Waals surface area (Å²) < 4.78 is 7.13. The summed E-state index contributed by atoms with van der Waals surface area (Å²) in [5, 5.41) is 4.47. The van der Waals surface area contributed by atoms with Gasteiger partial charge in [-0.3, -0.25) is 0 Å². The van der Waals surface area contributed by atoms with Crippen LogP contribution < -0.4 is 5.32 Å². The fraction of sp³-hybridized carbons (Fsp3) is 0.300. The Morgan fingerprint density at radius 2 is 2.16 bits per heavy atom. The zero-order chi connectivity index (χ0) is 17.4. The van der Waals surface area contributed by atoms with Crippen LogP contribution >= 0.6 is 0 Å². The van der Waals surface area contributed by atoms with E-state index in [0.29, 0.717) is 17.3 Å². The molecule has 0 amide bonds. The molecule has 0 spiro atoms. The standard InChI is InChI=1S/C20H21N3O2/c1-3-23-9-8-14-6-7-16(11-18(14)23)22-19-17(20(24)25-2)10-15(12-21-19)13-4-5-13/h6-13H,3-5H2,1-2H3,(H,21,22). The van der Waals surface area contributed by atoms with E-state index in [1.165, 1.54) is 25.3 Å². The van der Waals surface area contributed by atoms with Gasteiger partial charge in [0.15, 0.2) is 0 Å². The van der Waals surface area contributed by atoms with Crippen LogP contribution in [0.5, 0.6) is 0 Å². The lowest BCUT2D eigenvalue weighted by molar-refractivity contribution is 0.0601. The molecule has 25 heavy (non-hydrogen) atoms. The number of carbonyl (C=O) groups excluding carboxylic acids is 1. The van der Waals surface area contributed by atoms with Crippen molar-refractivity contribution >= 4 is 28.4 Å². The van der Waals surface area contributed by atoms with Gasteiger partial charge in [0.25, 0.3) is 0 Å². The van der Waals surface area contributed by atoms with Gasteiger partial charge in [-0.05, 0) is 60.9 Å². The van der Waals surface area contributed by atoms with Gasteiger partial charge in [0.05, 0.1) is 12.6 Å². The second-order valence-corrected chi connectivity index (χ2v) is 6.43. The van der Waals surface area contributed by atoms with Crippen LogP contribution in [-0.4, -0.2) is 22.6 Å². The Morgan fingerprint density at radius 1 is 1.32 bits per heavy atom. The molecular weight excluding hydrogens is 314 g/mol. The molecule has 0 radical (unpaired) electrons. The summed E-state index contributed by atoms with van der Waals surface area (Å²) in [6, 6.07) is 10.2. The molecule has 2 aromatic heterocycles. The first-order chi connectivity index (χ1) is 12.2. The lowest BCUT2D eigenvalue weighted by atomic mass is 10.1. The van der Waals surface area contributed by atoms with E-state index in [1.807, 2.05) is 18.3 Å². The Kier molecular flexibility index (Phi) is 3.92. The van der Waals surface area contributed by atoms with Crippen LogP contribution in [0.2, 0.25) is 0 Å². The number of nitrogens with zero attached hydrogens (tertiary/aromatic N) is 2. The van der Waals surface area contributed by atoms with Crippen molar-refractivity contribution in [1.82, 2.24) is 9.55 Å². The van der Waals surface area contributed by atoms with E-state index < -0.39 is 0 Å². The van der Waals surface area contributed by atoms with Gasteiger partial charge in [0, 0.05) is 24.6 Å². The third-order valence-corrected chi connectivity index (χ3v) is 4.74. The average molecular weight is 335 g/mol. The normalized spacial score (nSPS) is 13.8. The number of nitrogens with one attached hydrogen (secondary N) is 1. The highest BCUT2D eigenvalue weighted by Crippen LogP contribution is 2.40. The number of anilines is 2. The van der Waals surface area contributed by atoms with E-state index in [9.17, 15) is 4.79 Å². The fourth-order valence-electron chi connectivity index (χ4n) is 3.16. The summed E-state index contributed by atoms with van der Waals surface area (Å²) in [6.45, 7) is 3.03. The number of esters is 1. The molecule has 128 valence electrons. The Bertz CT molecular complexity index is 941. The van der Waals surface area contributed by atoms with Gasteiger partial charge in [-0.2, -0.15) is 0 Å². The number of aromatic nitrogens is 2. The van der Waals surface area contributed by atoms with E-state index in [2.05, 4.69) is 46.2 Å². The van der Waals surface area contributed by atoms with E-state index in [-0.39, 0.29) is 5.97 Å². The highest BCUT2D eigenvalue weighted by molar-refractivity contribution is 5.96. The SMILES string of the molecule is CCn1ccc2ccc(Nc3ncc(C4CC4)cc3C(=O)OC)cc21. The number of aryl methyl sites for hydroxylation is 1. The molecule has 5 nitrogen and oxygen atoms in total. The summed E-state index contributed by atoms with van der Waals surface area (Å²) >= 11 is 0. The minimum Gasteiger partial charge on any atom is -0.465 e. The third kappa shape index (κ3) is 2.97. The second kappa shape index (κ2) is 6.24. The lowest BCUT2D eigenvalue weighted by Gasteiger charge is -2.12. The van der Waals surface area contributed by atoms with Crippen molar-refractivity contribution in [3.8, 4) is 0 Å². The maximum Gasteiger partial charge on any atom is 0.341 e. The first-order valence-corrected chi connectivity index (χ1v) is 8.63. The van der Waals surface area contributed by atoms with E-state index in [1.54, 1.807) is 0 Å². The quantitative estimate of drug-likeness (QED) is 0.699. The Balaban J connectivity index is 1.70. The van der Waals surface area contributed by atoms with Crippen LogP contribution in [0.1, 0.15) is 41.6 Å². The van der Waals surface area contributed by atoms with Crippen molar-refractivity contribution in [2.75, 3.05) is 12.4 Å². The van der Waals surface area contributed by atoms with Crippen LogP contribution in [0.15, 0.2) is 42.7 Å². The molecule has 1 aromatic carbocycles. The maximum atomic E-state index is 12.2. The number of methoxy groups -OCH3 is 1. The topological polar surface area (TPSA) is 56.2 Å². The van der Waals surface area contributed by atoms with Crippen molar-refractivity contribution in [3.05, 3.63) is 53.9 Å². The highest BCUT2D eigenvalue weighted by Gasteiger charge is 2.26. The highest BCUT2D eigenvalue weighted by atomic mass is 16.5. The van der Waals surface area contributed by atoms with Gasteiger partial charge in [-0.25, -0.2) is 9.78 Å². The molecule has 1 N–H and O–H groups in total. The van der Waals surface area contributed by atoms with Gasteiger partial charge in [-0.1, -0.05) is 6.07 Å². The zero-order valence-corrected chi connectivity index (χ0v) is 14.5. The molecule has 1 saturated carbocycles. The molecular formula is C20H21N3O2. The molecule has 1 aliphatic carbocycles. The number of fused-ring (bicyclic) bond motifs is 1. The molecule has 0 saturated heterocycles. The minimum absolute atomic E-state index is 0.365. The fourth-order valence-corrected chi connectivity index (χ4v) is 3.16. The number of hydrogen-bond donors (Lipinski definition) is 1. The van der Waals surface area contributed by atoms with E-state index in [4.69, 9.17) is 4.74 Å². The van der Waals surface area contributed by atoms with Crippen LogP contribution in [0.3, 0.4) is 0 Å². The molecule has 1 aliphatic rings. The Morgan fingerprint density at radius 3 is 2.88 bits per heavy atom. The monoisotopic (exact) mass is 335 g/mol. The smallest absolute Gasteiger partial charge is 0.341 e. The van der Waals surface area contributed by atoms with Crippen LogP contribution in [0.25, 0.3) is 10.9 Å². The predicted molar refractivity (Wildman–Crippen MR) is 98.4 cm³/mol. The molecule has 2 heterocycles. The van der Waals surface area contributed by atoms with Crippen LogP contribution in [-0.2, 0) is 11.3 Å².